The zero-order valence-electron chi connectivity index (χ0n) is 15.4. The molecule has 0 radical (unpaired) electrons. The Balaban J connectivity index is 1.94. The number of rotatable bonds is 6. The molecule has 0 unspecified atom stereocenters. The Hall–Kier alpha value is -2.16. The molecule has 7 nitrogen and oxygen atoms in total. The summed E-state index contributed by atoms with van der Waals surface area (Å²) in [6.07, 6.45) is 0.349. The molecule has 1 aliphatic rings. The van der Waals surface area contributed by atoms with Gasteiger partial charge in [0.2, 0.25) is 15.8 Å². The number of aryl methyl sites for hydroxylation is 1. The van der Waals surface area contributed by atoms with Gasteiger partial charge < -0.3 is 14.9 Å². The largest absolute Gasteiger partial charge is 0.463 e. The predicted molar refractivity (Wildman–Crippen MR) is 99.9 cm³/mol. The lowest BCUT2D eigenvalue weighted by Gasteiger charge is -2.16. The molecule has 1 aliphatic heterocycles. The Morgan fingerprint density at radius 1 is 1.30 bits per heavy atom. The molecule has 1 aromatic carbocycles. The van der Waals surface area contributed by atoms with Crippen molar-refractivity contribution in [2.24, 2.45) is 11.7 Å². The number of methoxy groups -OCH3 is 1. The molecule has 0 spiro atoms. The molecule has 1 fully saturated rings. The van der Waals surface area contributed by atoms with E-state index in [0.717, 1.165) is 5.56 Å². The summed E-state index contributed by atoms with van der Waals surface area (Å²) < 4.78 is 38.0. The van der Waals surface area contributed by atoms with E-state index < -0.39 is 16.0 Å². The monoisotopic (exact) mass is 392 g/mol. The van der Waals surface area contributed by atoms with Gasteiger partial charge >= 0.3 is 5.97 Å². The van der Waals surface area contributed by atoms with Gasteiger partial charge in [0.25, 0.3) is 0 Å². The molecule has 2 atom stereocenters. The van der Waals surface area contributed by atoms with Crippen LogP contribution in [0.2, 0.25) is 0 Å². The first-order valence-electron chi connectivity index (χ1n) is 8.88. The fourth-order valence-electron chi connectivity index (χ4n) is 3.56. The number of hydrogen-bond donors (Lipinski definition) is 1. The van der Waals surface area contributed by atoms with Crippen LogP contribution >= 0.6 is 0 Å². The first kappa shape index (κ1) is 19.6. The van der Waals surface area contributed by atoms with Gasteiger partial charge in [-0.25, -0.2) is 13.2 Å². The molecule has 0 amide bonds. The number of carbonyl (C=O) groups excluding carboxylic acids is 1. The minimum absolute atomic E-state index is 0.0230. The summed E-state index contributed by atoms with van der Waals surface area (Å²) in [5, 5.41) is 0. The number of furan rings is 1. The van der Waals surface area contributed by atoms with E-state index in [2.05, 4.69) is 4.74 Å². The number of ether oxygens (including phenoxy) is 1. The molecule has 1 aromatic heterocycles. The van der Waals surface area contributed by atoms with Crippen molar-refractivity contribution in [3.8, 4) is 0 Å². The van der Waals surface area contributed by atoms with Crippen molar-refractivity contribution >= 4 is 16.0 Å². The summed E-state index contributed by atoms with van der Waals surface area (Å²) in [5.41, 5.74) is 7.00. The summed E-state index contributed by atoms with van der Waals surface area (Å²) in [6.45, 7) is 2.85. The molecule has 0 bridgehead atoms. The Labute approximate surface area is 159 Å². The zero-order chi connectivity index (χ0) is 19.6. The number of benzene rings is 1. The number of nitrogens with zero attached hydrogens (tertiary/aromatic N) is 1. The summed E-state index contributed by atoms with van der Waals surface area (Å²) in [6, 6.07) is 11.1. The van der Waals surface area contributed by atoms with Gasteiger partial charge in [0, 0.05) is 31.5 Å². The van der Waals surface area contributed by atoms with Crippen LogP contribution in [0.5, 0.6) is 0 Å². The number of nitrogens with two attached hydrogens (primary N) is 1. The fourth-order valence-corrected chi connectivity index (χ4v) is 5.31. The van der Waals surface area contributed by atoms with Crippen molar-refractivity contribution < 1.29 is 22.4 Å². The highest BCUT2D eigenvalue weighted by atomic mass is 32.2. The molecule has 3 rings (SSSR count). The van der Waals surface area contributed by atoms with Crippen molar-refractivity contribution in [2.45, 2.75) is 24.2 Å². The van der Waals surface area contributed by atoms with Crippen molar-refractivity contribution in [3.63, 3.8) is 0 Å². The molecule has 146 valence electrons. The van der Waals surface area contributed by atoms with E-state index in [4.69, 9.17) is 10.2 Å². The molecular formula is C19H24N2O5S. The lowest BCUT2D eigenvalue weighted by atomic mass is 9.89. The Morgan fingerprint density at radius 2 is 2.00 bits per heavy atom. The maximum atomic E-state index is 13.2. The highest BCUT2D eigenvalue weighted by molar-refractivity contribution is 7.89. The average molecular weight is 392 g/mol. The smallest absolute Gasteiger partial charge is 0.373 e. The van der Waals surface area contributed by atoms with Crippen molar-refractivity contribution in [1.29, 1.82) is 0 Å². The summed E-state index contributed by atoms with van der Waals surface area (Å²) in [5.74, 6) is -0.498. The molecule has 8 heteroatoms. The minimum Gasteiger partial charge on any atom is -0.463 e. The van der Waals surface area contributed by atoms with Crippen LogP contribution in [0, 0.1) is 5.92 Å². The SMILES string of the molecule is CCc1oc(C(=O)OC)cc1S(=O)(=O)N1C[C@@H](CN)[C@H](c2ccccc2)C1. The van der Waals surface area contributed by atoms with Crippen LogP contribution in [-0.2, 0) is 21.2 Å². The molecule has 0 aliphatic carbocycles. The fraction of sp³-hybridized carbons (Fsp3) is 0.421. The van der Waals surface area contributed by atoms with E-state index in [9.17, 15) is 13.2 Å². The number of sulfonamides is 1. The number of esters is 1. The van der Waals surface area contributed by atoms with Crippen LogP contribution in [0.25, 0.3) is 0 Å². The standard InChI is InChI=1S/C19H24N2O5S/c1-3-16-18(9-17(26-16)19(22)25-2)27(23,24)21-11-14(10-20)15(12-21)13-7-5-4-6-8-13/h4-9,14-15H,3,10-12,20H2,1-2H3/t14-,15+/m1/s1. The maximum Gasteiger partial charge on any atom is 0.373 e. The van der Waals surface area contributed by atoms with Crippen LogP contribution < -0.4 is 5.73 Å². The predicted octanol–water partition coefficient (Wildman–Crippen LogP) is 1.99. The van der Waals surface area contributed by atoms with E-state index in [1.54, 1.807) is 6.92 Å². The third-order valence-corrected chi connectivity index (χ3v) is 6.91. The van der Waals surface area contributed by atoms with Crippen molar-refractivity contribution in [2.75, 3.05) is 26.7 Å². The normalized spacial score (nSPS) is 20.7. The molecule has 2 N–H and O–H groups in total. The van der Waals surface area contributed by atoms with Gasteiger partial charge in [-0.1, -0.05) is 37.3 Å². The molecule has 1 saturated heterocycles. The second-order valence-corrected chi connectivity index (χ2v) is 8.48. The van der Waals surface area contributed by atoms with Gasteiger partial charge in [-0.15, -0.1) is 0 Å². The van der Waals surface area contributed by atoms with Gasteiger partial charge in [0.1, 0.15) is 10.7 Å². The third kappa shape index (κ3) is 3.65. The molecular weight excluding hydrogens is 368 g/mol. The first-order valence-corrected chi connectivity index (χ1v) is 10.3. The number of hydrogen-bond acceptors (Lipinski definition) is 6. The molecule has 0 saturated carbocycles. The Bertz CT molecular complexity index is 907. The van der Waals surface area contributed by atoms with Gasteiger partial charge in [-0.2, -0.15) is 4.31 Å². The topological polar surface area (TPSA) is 103 Å². The average Bonchev–Trinajstić information content (AvgIpc) is 3.33. The van der Waals surface area contributed by atoms with E-state index >= 15 is 0 Å². The lowest BCUT2D eigenvalue weighted by Crippen LogP contribution is -2.30. The van der Waals surface area contributed by atoms with Crippen LogP contribution in [0.4, 0.5) is 0 Å². The highest BCUT2D eigenvalue weighted by Crippen LogP contribution is 2.36. The van der Waals surface area contributed by atoms with Gasteiger partial charge in [0.05, 0.1) is 7.11 Å². The number of carbonyl (C=O) groups is 1. The van der Waals surface area contributed by atoms with Crippen LogP contribution in [0.15, 0.2) is 45.7 Å². The highest BCUT2D eigenvalue weighted by Gasteiger charge is 2.41. The van der Waals surface area contributed by atoms with Gasteiger partial charge in [-0.05, 0) is 18.0 Å². The van der Waals surface area contributed by atoms with Crippen LogP contribution in [-0.4, -0.2) is 45.4 Å². The summed E-state index contributed by atoms with van der Waals surface area (Å²) >= 11 is 0. The van der Waals surface area contributed by atoms with E-state index in [-0.39, 0.29) is 28.3 Å². The second-order valence-electron chi connectivity index (χ2n) is 6.58. The first-order chi connectivity index (χ1) is 12.9. The third-order valence-electron chi connectivity index (χ3n) is 5.03. The van der Waals surface area contributed by atoms with Gasteiger partial charge in [0.15, 0.2) is 0 Å². The minimum atomic E-state index is -3.81. The summed E-state index contributed by atoms with van der Waals surface area (Å²) in [4.78, 5) is 11.8. The second kappa shape index (κ2) is 7.84. The zero-order valence-corrected chi connectivity index (χ0v) is 16.2. The Kier molecular flexibility index (Phi) is 5.69. The van der Waals surface area contributed by atoms with E-state index in [0.29, 0.717) is 26.1 Å². The van der Waals surface area contributed by atoms with E-state index in [1.807, 2.05) is 30.3 Å². The van der Waals surface area contributed by atoms with Gasteiger partial charge in [-0.3, -0.25) is 0 Å². The lowest BCUT2D eigenvalue weighted by molar-refractivity contribution is 0.0563. The van der Waals surface area contributed by atoms with E-state index in [1.165, 1.54) is 17.5 Å². The van der Waals surface area contributed by atoms with Crippen molar-refractivity contribution in [3.05, 3.63) is 53.5 Å². The van der Waals surface area contributed by atoms with Crippen LogP contribution in [0.1, 0.15) is 34.7 Å². The molecule has 2 aromatic rings. The summed E-state index contributed by atoms with van der Waals surface area (Å²) in [7, 11) is -2.59. The quantitative estimate of drug-likeness (QED) is 0.754. The molecule has 2 heterocycles. The molecule has 27 heavy (non-hydrogen) atoms. The maximum absolute atomic E-state index is 13.2. The van der Waals surface area contributed by atoms with Crippen molar-refractivity contribution in [1.82, 2.24) is 4.31 Å². The Morgan fingerprint density at radius 3 is 2.59 bits per heavy atom. The van der Waals surface area contributed by atoms with Crippen LogP contribution in [0.3, 0.4) is 0 Å².